The zero-order valence-corrected chi connectivity index (χ0v) is 10.4. The molecule has 0 saturated carbocycles. The average molecular weight is 234 g/mol. The molecule has 92 valence electrons. The Labute approximate surface area is 101 Å². The van der Waals surface area contributed by atoms with Crippen LogP contribution in [0.25, 0.3) is 0 Å². The molecular formula is C13H18N2O2. The summed E-state index contributed by atoms with van der Waals surface area (Å²) in [4.78, 5) is 11.9. The molecule has 0 aromatic heterocycles. The van der Waals surface area contributed by atoms with Crippen molar-refractivity contribution in [1.82, 2.24) is 0 Å². The first-order chi connectivity index (χ1) is 8.11. The number of rotatable bonds is 3. The van der Waals surface area contributed by atoms with Gasteiger partial charge in [-0.1, -0.05) is 19.9 Å². The molecule has 17 heavy (non-hydrogen) atoms. The molecule has 2 rings (SSSR count). The molecular weight excluding hydrogens is 216 g/mol. The van der Waals surface area contributed by atoms with Crippen LogP contribution in [0.5, 0.6) is 5.75 Å². The summed E-state index contributed by atoms with van der Waals surface area (Å²) in [5.74, 6) is 1.17. The summed E-state index contributed by atoms with van der Waals surface area (Å²) in [6.07, 6.45) is 0.822. The normalized spacial score (nSPS) is 18.4. The highest BCUT2D eigenvalue weighted by atomic mass is 16.5. The minimum Gasteiger partial charge on any atom is -0.494 e. The number of anilines is 2. The number of methoxy groups -OCH3 is 1. The summed E-state index contributed by atoms with van der Waals surface area (Å²) >= 11 is 0. The van der Waals surface area contributed by atoms with Crippen molar-refractivity contribution in [2.24, 2.45) is 5.92 Å². The van der Waals surface area contributed by atoms with E-state index in [0.717, 1.165) is 17.8 Å². The van der Waals surface area contributed by atoms with Crippen LogP contribution in [-0.4, -0.2) is 19.1 Å². The number of nitrogens with one attached hydrogen (secondary N) is 2. The van der Waals surface area contributed by atoms with Gasteiger partial charge in [0.2, 0.25) is 5.91 Å². The summed E-state index contributed by atoms with van der Waals surface area (Å²) in [5, 5.41) is 6.17. The third-order valence-corrected chi connectivity index (χ3v) is 2.85. The molecule has 1 unspecified atom stereocenters. The first kappa shape index (κ1) is 11.8. The van der Waals surface area contributed by atoms with Crippen LogP contribution in [-0.2, 0) is 4.79 Å². The summed E-state index contributed by atoms with van der Waals surface area (Å²) in [5.41, 5.74) is 1.66. The van der Waals surface area contributed by atoms with Crippen LogP contribution in [0.4, 0.5) is 11.4 Å². The molecule has 1 aliphatic rings. The Bertz CT molecular complexity index is 429. The molecule has 0 bridgehead atoms. The van der Waals surface area contributed by atoms with Crippen molar-refractivity contribution in [1.29, 1.82) is 0 Å². The number of carbonyl (C=O) groups excluding carboxylic acids is 1. The van der Waals surface area contributed by atoms with Gasteiger partial charge in [-0.3, -0.25) is 4.79 Å². The lowest BCUT2D eigenvalue weighted by molar-refractivity contribution is -0.117. The van der Waals surface area contributed by atoms with E-state index in [4.69, 9.17) is 4.74 Å². The molecule has 1 aromatic rings. The minimum atomic E-state index is -0.158. The van der Waals surface area contributed by atoms with Crippen molar-refractivity contribution in [3.63, 3.8) is 0 Å². The molecule has 4 nitrogen and oxygen atoms in total. The average Bonchev–Trinajstić information content (AvgIpc) is 2.29. The fourth-order valence-electron chi connectivity index (χ4n) is 2.05. The number of hydrogen-bond donors (Lipinski definition) is 2. The van der Waals surface area contributed by atoms with E-state index in [0.29, 0.717) is 11.7 Å². The number of ether oxygens (including phenoxy) is 1. The van der Waals surface area contributed by atoms with E-state index < -0.39 is 0 Å². The Kier molecular flexibility index (Phi) is 3.22. The van der Waals surface area contributed by atoms with Crippen molar-refractivity contribution in [2.45, 2.75) is 26.3 Å². The summed E-state index contributed by atoms with van der Waals surface area (Å²) in [7, 11) is 1.60. The molecule has 1 amide bonds. The Morgan fingerprint density at radius 1 is 1.41 bits per heavy atom. The first-order valence-electron chi connectivity index (χ1n) is 5.86. The highest BCUT2D eigenvalue weighted by molar-refractivity contribution is 6.04. The maximum atomic E-state index is 11.9. The highest BCUT2D eigenvalue weighted by Gasteiger charge is 2.27. The van der Waals surface area contributed by atoms with Crippen molar-refractivity contribution in [2.75, 3.05) is 17.7 Å². The number of para-hydroxylation sites is 1. The fourth-order valence-corrected chi connectivity index (χ4v) is 2.05. The van der Waals surface area contributed by atoms with E-state index in [1.807, 2.05) is 18.2 Å². The van der Waals surface area contributed by atoms with Gasteiger partial charge in [0, 0.05) is 0 Å². The highest BCUT2D eigenvalue weighted by Crippen LogP contribution is 2.36. The van der Waals surface area contributed by atoms with Gasteiger partial charge in [-0.15, -0.1) is 0 Å². The lowest BCUT2D eigenvalue weighted by atomic mass is 10.0. The van der Waals surface area contributed by atoms with E-state index in [2.05, 4.69) is 24.5 Å². The van der Waals surface area contributed by atoms with Gasteiger partial charge in [0.05, 0.1) is 12.8 Å². The molecule has 4 heteroatoms. The van der Waals surface area contributed by atoms with E-state index in [1.165, 1.54) is 0 Å². The topological polar surface area (TPSA) is 50.4 Å². The Balaban J connectivity index is 2.27. The second-order valence-electron chi connectivity index (χ2n) is 4.70. The molecule has 1 aliphatic heterocycles. The minimum absolute atomic E-state index is 0.00991. The second kappa shape index (κ2) is 4.65. The zero-order valence-electron chi connectivity index (χ0n) is 10.4. The van der Waals surface area contributed by atoms with Crippen LogP contribution >= 0.6 is 0 Å². The molecule has 0 saturated heterocycles. The number of benzene rings is 1. The van der Waals surface area contributed by atoms with Gasteiger partial charge in [-0.05, 0) is 24.5 Å². The number of hydrogen-bond acceptors (Lipinski definition) is 3. The molecule has 2 N–H and O–H groups in total. The lowest BCUT2D eigenvalue weighted by Gasteiger charge is -2.28. The Morgan fingerprint density at radius 3 is 2.82 bits per heavy atom. The molecule has 0 fully saturated rings. The smallest absolute Gasteiger partial charge is 0.247 e. The predicted octanol–water partition coefficient (Wildman–Crippen LogP) is 2.47. The summed E-state index contributed by atoms with van der Waals surface area (Å²) < 4.78 is 5.22. The number of amides is 1. The van der Waals surface area contributed by atoms with Crippen LogP contribution < -0.4 is 15.4 Å². The van der Waals surface area contributed by atoms with Gasteiger partial charge in [-0.25, -0.2) is 0 Å². The largest absolute Gasteiger partial charge is 0.494 e. The zero-order chi connectivity index (χ0) is 12.4. The van der Waals surface area contributed by atoms with Crippen molar-refractivity contribution < 1.29 is 9.53 Å². The monoisotopic (exact) mass is 234 g/mol. The molecule has 1 atom stereocenters. The van der Waals surface area contributed by atoms with Gasteiger partial charge in [-0.2, -0.15) is 0 Å². The van der Waals surface area contributed by atoms with E-state index in [1.54, 1.807) is 7.11 Å². The first-order valence-corrected chi connectivity index (χ1v) is 5.86. The van der Waals surface area contributed by atoms with Crippen LogP contribution in [0.2, 0.25) is 0 Å². The van der Waals surface area contributed by atoms with Crippen molar-refractivity contribution in [3.05, 3.63) is 18.2 Å². The van der Waals surface area contributed by atoms with Crippen molar-refractivity contribution in [3.8, 4) is 5.75 Å². The molecule has 1 heterocycles. The van der Waals surface area contributed by atoms with E-state index in [-0.39, 0.29) is 11.9 Å². The molecule has 1 aromatic carbocycles. The van der Waals surface area contributed by atoms with Gasteiger partial charge >= 0.3 is 0 Å². The molecule has 0 aliphatic carbocycles. The van der Waals surface area contributed by atoms with Crippen LogP contribution in [0, 0.1) is 5.92 Å². The summed E-state index contributed by atoms with van der Waals surface area (Å²) in [6, 6.07) is 5.54. The SMILES string of the molecule is COc1cccc2c1NC(=O)C(CC(C)C)N2. The second-order valence-corrected chi connectivity index (χ2v) is 4.70. The third-order valence-electron chi connectivity index (χ3n) is 2.85. The summed E-state index contributed by atoms with van der Waals surface area (Å²) in [6.45, 7) is 4.21. The van der Waals surface area contributed by atoms with Gasteiger partial charge in [0.1, 0.15) is 17.5 Å². The number of fused-ring (bicyclic) bond motifs is 1. The van der Waals surface area contributed by atoms with Crippen LogP contribution in [0.3, 0.4) is 0 Å². The standard InChI is InChI=1S/C13H18N2O2/c1-8(2)7-10-13(16)15-12-9(14-10)5-4-6-11(12)17-3/h4-6,8,10,14H,7H2,1-3H3,(H,15,16). The van der Waals surface area contributed by atoms with Crippen LogP contribution in [0.15, 0.2) is 18.2 Å². The quantitative estimate of drug-likeness (QED) is 0.844. The van der Waals surface area contributed by atoms with Gasteiger partial charge in [0.25, 0.3) is 0 Å². The Hall–Kier alpha value is -1.71. The van der Waals surface area contributed by atoms with Crippen molar-refractivity contribution >= 4 is 17.3 Å². The Morgan fingerprint density at radius 2 is 2.18 bits per heavy atom. The van der Waals surface area contributed by atoms with E-state index >= 15 is 0 Å². The molecule has 0 spiro atoms. The van der Waals surface area contributed by atoms with Gasteiger partial charge in [0.15, 0.2) is 0 Å². The third kappa shape index (κ3) is 2.35. The fraction of sp³-hybridized carbons (Fsp3) is 0.462. The maximum absolute atomic E-state index is 11.9. The molecule has 0 radical (unpaired) electrons. The number of carbonyl (C=O) groups is 1. The predicted molar refractivity (Wildman–Crippen MR) is 68.5 cm³/mol. The lowest BCUT2D eigenvalue weighted by Crippen LogP contribution is -2.39. The van der Waals surface area contributed by atoms with Gasteiger partial charge < -0.3 is 15.4 Å². The van der Waals surface area contributed by atoms with E-state index in [9.17, 15) is 4.79 Å². The maximum Gasteiger partial charge on any atom is 0.247 e. The van der Waals surface area contributed by atoms with Crippen LogP contribution in [0.1, 0.15) is 20.3 Å².